The maximum Gasteiger partial charge on any atom is 0.196 e. The van der Waals surface area contributed by atoms with E-state index < -0.39 is 9.84 Å². The number of nitrogens with one attached hydrogen (secondary N) is 2. The summed E-state index contributed by atoms with van der Waals surface area (Å²) in [6, 6.07) is 4.32. The Morgan fingerprint density at radius 2 is 2.16 bits per heavy atom. The van der Waals surface area contributed by atoms with Gasteiger partial charge in [-0.2, -0.15) is 5.21 Å². The normalized spacial score (nSPS) is 13.2. The van der Waals surface area contributed by atoms with Gasteiger partial charge in [0.05, 0.1) is 22.3 Å². The van der Waals surface area contributed by atoms with E-state index in [-0.39, 0.29) is 10.9 Å². The number of sulfone groups is 1. The van der Waals surface area contributed by atoms with Crippen LogP contribution < -0.4 is 11.1 Å². The zero-order valence-electron chi connectivity index (χ0n) is 10.5. The lowest BCUT2D eigenvalue weighted by Gasteiger charge is -2.14. The molecule has 0 spiro atoms. The molecule has 2 rings (SSSR count). The van der Waals surface area contributed by atoms with Crippen LogP contribution in [0.5, 0.6) is 0 Å². The van der Waals surface area contributed by atoms with Gasteiger partial charge in [0, 0.05) is 6.26 Å². The third-order valence-electron chi connectivity index (χ3n) is 2.57. The van der Waals surface area contributed by atoms with Gasteiger partial charge < -0.3 is 11.1 Å². The van der Waals surface area contributed by atoms with Crippen LogP contribution in [0.15, 0.2) is 23.1 Å². The maximum absolute atomic E-state index is 11.4. The molecule has 9 heteroatoms. The second-order valence-corrected chi connectivity index (χ2v) is 6.17. The number of hydrogen-bond donors (Lipinski definition) is 3. The van der Waals surface area contributed by atoms with Crippen molar-refractivity contribution in [1.82, 2.24) is 20.6 Å². The van der Waals surface area contributed by atoms with Crippen LogP contribution in [0.25, 0.3) is 0 Å². The third kappa shape index (κ3) is 2.99. The Bertz CT molecular complexity index is 667. The quantitative estimate of drug-likeness (QED) is 0.691. The van der Waals surface area contributed by atoms with Crippen LogP contribution in [0.1, 0.15) is 18.8 Å². The van der Waals surface area contributed by atoms with Crippen LogP contribution in [0.2, 0.25) is 0 Å². The molecule has 0 aliphatic heterocycles. The molecule has 0 bridgehead atoms. The van der Waals surface area contributed by atoms with Crippen molar-refractivity contribution in [1.29, 1.82) is 0 Å². The fourth-order valence-corrected chi connectivity index (χ4v) is 2.21. The summed E-state index contributed by atoms with van der Waals surface area (Å²) in [6.45, 7) is 1.84. The molecule has 102 valence electrons. The number of aromatic nitrogens is 4. The molecule has 2 aromatic rings. The van der Waals surface area contributed by atoms with Crippen LogP contribution in [0, 0.1) is 0 Å². The molecule has 0 saturated heterocycles. The molecule has 0 radical (unpaired) electrons. The van der Waals surface area contributed by atoms with Gasteiger partial charge in [0.25, 0.3) is 0 Å². The monoisotopic (exact) mass is 282 g/mol. The van der Waals surface area contributed by atoms with E-state index >= 15 is 0 Å². The molecular weight excluding hydrogens is 268 g/mol. The predicted octanol–water partition coefficient (Wildman–Crippen LogP) is 0.358. The number of aromatic amines is 1. The van der Waals surface area contributed by atoms with Gasteiger partial charge in [0.2, 0.25) is 0 Å². The molecule has 1 unspecified atom stereocenters. The highest BCUT2D eigenvalue weighted by molar-refractivity contribution is 7.90. The molecule has 0 aliphatic carbocycles. The number of nitrogens with zero attached hydrogens (tertiary/aromatic N) is 3. The number of hydrogen-bond acceptors (Lipinski definition) is 7. The molecule has 0 saturated carbocycles. The van der Waals surface area contributed by atoms with E-state index in [1.165, 1.54) is 12.1 Å². The summed E-state index contributed by atoms with van der Waals surface area (Å²) in [5, 5.41) is 16.6. The Morgan fingerprint density at radius 3 is 2.68 bits per heavy atom. The predicted molar refractivity (Wildman–Crippen MR) is 70.2 cm³/mol. The minimum atomic E-state index is -3.26. The second kappa shape index (κ2) is 4.84. The molecular formula is C10H14N6O2S. The zero-order chi connectivity index (χ0) is 14.0. The van der Waals surface area contributed by atoms with Crippen molar-refractivity contribution in [3.05, 3.63) is 24.0 Å². The molecule has 0 amide bonds. The van der Waals surface area contributed by atoms with E-state index in [0.29, 0.717) is 17.2 Å². The number of benzene rings is 1. The largest absolute Gasteiger partial charge is 0.397 e. The number of anilines is 2. The minimum absolute atomic E-state index is 0.183. The van der Waals surface area contributed by atoms with Crippen molar-refractivity contribution < 1.29 is 8.42 Å². The lowest BCUT2D eigenvalue weighted by Crippen LogP contribution is -2.10. The number of tetrazole rings is 1. The van der Waals surface area contributed by atoms with Gasteiger partial charge in [-0.15, -0.1) is 10.2 Å². The summed E-state index contributed by atoms with van der Waals surface area (Å²) in [7, 11) is -3.26. The second-order valence-electron chi connectivity index (χ2n) is 4.16. The van der Waals surface area contributed by atoms with Crippen molar-refractivity contribution in [2.45, 2.75) is 17.9 Å². The van der Waals surface area contributed by atoms with Crippen LogP contribution in [-0.2, 0) is 9.84 Å². The number of rotatable bonds is 4. The summed E-state index contributed by atoms with van der Waals surface area (Å²) < 4.78 is 22.8. The van der Waals surface area contributed by atoms with Crippen LogP contribution in [0.3, 0.4) is 0 Å². The Hall–Kier alpha value is -2.16. The first-order chi connectivity index (χ1) is 8.88. The lowest BCUT2D eigenvalue weighted by molar-refractivity contribution is 0.602. The van der Waals surface area contributed by atoms with E-state index in [9.17, 15) is 8.42 Å². The van der Waals surface area contributed by atoms with Crippen LogP contribution in [-0.4, -0.2) is 35.3 Å². The fourth-order valence-electron chi connectivity index (χ4n) is 1.55. The topological polar surface area (TPSA) is 127 Å². The molecule has 1 aromatic heterocycles. The number of nitrogens with two attached hydrogens (primary N) is 1. The summed E-state index contributed by atoms with van der Waals surface area (Å²) in [5.41, 5.74) is 6.79. The highest BCUT2D eigenvalue weighted by Gasteiger charge is 2.13. The Kier molecular flexibility index (Phi) is 3.38. The molecule has 8 nitrogen and oxygen atoms in total. The van der Waals surface area contributed by atoms with Gasteiger partial charge in [0.15, 0.2) is 15.7 Å². The van der Waals surface area contributed by atoms with Crippen molar-refractivity contribution in [2.24, 2.45) is 0 Å². The summed E-state index contributed by atoms with van der Waals surface area (Å²) in [5.74, 6) is 0.492. The fraction of sp³-hybridized carbons (Fsp3) is 0.300. The van der Waals surface area contributed by atoms with Gasteiger partial charge in [-0.1, -0.05) is 5.21 Å². The first-order valence-electron chi connectivity index (χ1n) is 5.47. The summed E-state index contributed by atoms with van der Waals surface area (Å²) >= 11 is 0. The zero-order valence-corrected chi connectivity index (χ0v) is 11.3. The first kappa shape index (κ1) is 13.3. The van der Waals surface area contributed by atoms with Crippen LogP contribution >= 0.6 is 0 Å². The van der Waals surface area contributed by atoms with E-state index in [1.54, 1.807) is 6.07 Å². The Morgan fingerprint density at radius 1 is 1.42 bits per heavy atom. The highest BCUT2D eigenvalue weighted by atomic mass is 32.2. The molecule has 1 atom stereocenters. The Balaban J connectivity index is 2.23. The maximum atomic E-state index is 11.4. The molecule has 4 N–H and O–H groups in total. The van der Waals surface area contributed by atoms with E-state index in [2.05, 4.69) is 25.9 Å². The third-order valence-corrected chi connectivity index (χ3v) is 3.68. The van der Waals surface area contributed by atoms with Crippen molar-refractivity contribution in [2.75, 3.05) is 17.3 Å². The molecule has 1 heterocycles. The average Bonchev–Trinajstić information content (AvgIpc) is 2.84. The number of nitrogen functional groups attached to an aromatic ring is 1. The molecule has 1 aromatic carbocycles. The Labute approximate surface area is 110 Å². The van der Waals surface area contributed by atoms with E-state index in [1.807, 2.05) is 6.92 Å². The average molecular weight is 282 g/mol. The van der Waals surface area contributed by atoms with Gasteiger partial charge in [-0.3, -0.25) is 0 Å². The number of H-pyrrole nitrogens is 1. The minimum Gasteiger partial charge on any atom is -0.397 e. The highest BCUT2D eigenvalue weighted by Crippen LogP contribution is 2.25. The van der Waals surface area contributed by atoms with Gasteiger partial charge >= 0.3 is 0 Å². The van der Waals surface area contributed by atoms with E-state index in [0.717, 1.165) is 6.26 Å². The van der Waals surface area contributed by atoms with Gasteiger partial charge in [-0.25, -0.2) is 8.42 Å². The standard InChI is InChI=1S/C10H14N6O2S/c1-6(10-13-15-16-14-10)12-9-4-3-7(5-8(9)11)19(2,17)18/h3-6,12H,11H2,1-2H3,(H,13,14,15,16). The van der Waals surface area contributed by atoms with Crippen molar-refractivity contribution >= 4 is 21.2 Å². The first-order valence-corrected chi connectivity index (χ1v) is 7.36. The van der Waals surface area contributed by atoms with E-state index in [4.69, 9.17) is 5.73 Å². The van der Waals surface area contributed by atoms with Crippen molar-refractivity contribution in [3.8, 4) is 0 Å². The van der Waals surface area contributed by atoms with Gasteiger partial charge in [0.1, 0.15) is 0 Å². The van der Waals surface area contributed by atoms with Gasteiger partial charge in [-0.05, 0) is 25.1 Å². The molecule has 19 heavy (non-hydrogen) atoms. The van der Waals surface area contributed by atoms with Crippen LogP contribution in [0.4, 0.5) is 11.4 Å². The smallest absolute Gasteiger partial charge is 0.196 e. The lowest BCUT2D eigenvalue weighted by atomic mass is 10.2. The SMILES string of the molecule is CC(Nc1ccc(S(C)(=O)=O)cc1N)c1nn[nH]n1. The van der Waals surface area contributed by atoms with Crippen molar-refractivity contribution in [3.63, 3.8) is 0 Å². The molecule has 0 aliphatic rings. The summed E-state index contributed by atoms with van der Waals surface area (Å²) in [6.07, 6.45) is 1.14. The summed E-state index contributed by atoms with van der Waals surface area (Å²) in [4.78, 5) is 0.183. The molecule has 0 fully saturated rings.